The van der Waals surface area contributed by atoms with E-state index in [4.69, 9.17) is 9.47 Å². The molecule has 0 spiro atoms. The topological polar surface area (TPSA) is 52.6 Å². The second-order valence-corrected chi connectivity index (χ2v) is 24.6. The Morgan fingerprint density at radius 2 is 0.842 bits per heavy atom. The quantitative estimate of drug-likeness (QED) is 0.0503. The van der Waals surface area contributed by atoms with Crippen molar-refractivity contribution >= 4 is 28.1 Å². The van der Waals surface area contributed by atoms with E-state index in [1.807, 2.05) is 0 Å². The molecule has 0 amide bonds. The summed E-state index contributed by atoms with van der Waals surface area (Å²) in [6.07, 6.45) is 22.5. The molecule has 0 saturated heterocycles. The van der Waals surface area contributed by atoms with Crippen molar-refractivity contribution in [1.29, 1.82) is 0 Å². The molecule has 224 valence electrons. The molecule has 38 heavy (non-hydrogen) atoms. The summed E-state index contributed by atoms with van der Waals surface area (Å²) in [5.74, 6) is -0.891. The zero-order chi connectivity index (χ0) is 28.9. The third-order valence-corrected chi connectivity index (χ3v) is 14.1. The minimum Gasteiger partial charge on any atom is -0.463 e. The van der Waals surface area contributed by atoms with Crippen molar-refractivity contribution in [2.75, 3.05) is 13.2 Å². The van der Waals surface area contributed by atoms with Crippen LogP contribution < -0.4 is 0 Å². The summed E-state index contributed by atoms with van der Waals surface area (Å²) in [5, 5.41) is 0. The van der Waals surface area contributed by atoms with Gasteiger partial charge in [-0.15, -0.1) is 0 Å². The Morgan fingerprint density at radius 1 is 0.526 bits per heavy atom. The lowest BCUT2D eigenvalue weighted by Gasteiger charge is -2.29. The van der Waals surface area contributed by atoms with Crippen LogP contribution in [0.5, 0.6) is 0 Å². The van der Waals surface area contributed by atoms with E-state index in [1.165, 1.54) is 102 Å². The normalized spacial score (nSPS) is 14.0. The van der Waals surface area contributed by atoms with Crippen molar-refractivity contribution in [3.05, 3.63) is 12.2 Å². The smallest absolute Gasteiger partial charge is 0.331 e. The van der Waals surface area contributed by atoms with Crippen molar-refractivity contribution in [1.82, 2.24) is 0 Å². The molecule has 0 fully saturated rings. The van der Waals surface area contributed by atoms with Gasteiger partial charge in [0.05, 0.1) is 13.2 Å². The number of hydrogen-bond acceptors (Lipinski definition) is 4. The highest BCUT2D eigenvalue weighted by Crippen LogP contribution is 2.32. The van der Waals surface area contributed by atoms with Gasteiger partial charge in [0, 0.05) is 28.3 Å². The standard InChI is InChI=1S/C32H64O4Si2/c1-9-11-13-15-17-19-21-29(37(3,4)5)25-27-35-31(33)23-24-32(34)36-28-26-30(38(6,7)8)22-20-18-16-14-12-10-2/h23-24,29-30H,9-22,25-28H2,1-8H3/b24-23+. The van der Waals surface area contributed by atoms with Crippen LogP contribution in [0.25, 0.3) is 0 Å². The third-order valence-electron chi connectivity index (χ3n) is 8.04. The summed E-state index contributed by atoms with van der Waals surface area (Å²) in [7, 11) is -2.61. The van der Waals surface area contributed by atoms with Crippen LogP contribution in [0.2, 0.25) is 50.4 Å². The molecule has 0 aromatic carbocycles. The van der Waals surface area contributed by atoms with Crippen molar-refractivity contribution in [3.63, 3.8) is 0 Å². The molecule has 4 nitrogen and oxygen atoms in total. The molecule has 0 aromatic heterocycles. The summed E-state index contributed by atoms with van der Waals surface area (Å²) < 4.78 is 10.9. The van der Waals surface area contributed by atoms with Gasteiger partial charge in [-0.05, 0) is 23.9 Å². The summed E-state index contributed by atoms with van der Waals surface area (Å²) in [4.78, 5) is 24.3. The second-order valence-electron chi connectivity index (χ2n) is 13.5. The number of esters is 2. The van der Waals surface area contributed by atoms with Gasteiger partial charge in [0.1, 0.15) is 0 Å². The first kappa shape index (κ1) is 37.1. The Morgan fingerprint density at radius 3 is 1.16 bits per heavy atom. The molecular formula is C32H64O4Si2. The molecule has 0 aliphatic heterocycles. The van der Waals surface area contributed by atoms with Gasteiger partial charge in [-0.3, -0.25) is 0 Å². The molecule has 2 atom stereocenters. The predicted molar refractivity (Wildman–Crippen MR) is 170 cm³/mol. The minimum absolute atomic E-state index is 0.430. The molecule has 6 heteroatoms. The minimum atomic E-state index is -1.31. The summed E-state index contributed by atoms with van der Waals surface area (Å²) in [5.41, 5.74) is 1.32. The second kappa shape index (κ2) is 21.9. The van der Waals surface area contributed by atoms with Crippen LogP contribution in [0.4, 0.5) is 0 Å². The molecule has 0 aromatic rings. The lowest BCUT2D eigenvalue weighted by molar-refractivity contribution is -0.140. The van der Waals surface area contributed by atoms with E-state index in [0.717, 1.165) is 12.8 Å². The van der Waals surface area contributed by atoms with Gasteiger partial charge >= 0.3 is 11.9 Å². The summed E-state index contributed by atoms with van der Waals surface area (Å²) in [6.45, 7) is 19.8. The van der Waals surface area contributed by atoms with Crippen LogP contribution in [0.3, 0.4) is 0 Å². The first-order valence-corrected chi connectivity index (χ1v) is 23.1. The highest BCUT2D eigenvalue weighted by molar-refractivity contribution is 6.77. The zero-order valence-electron chi connectivity index (χ0n) is 26.7. The van der Waals surface area contributed by atoms with Crippen LogP contribution in [0.15, 0.2) is 12.2 Å². The van der Waals surface area contributed by atoms with Gasteiger partial charge in [-0.1, -0.05) is 143 Å². The molecule has 0 aliphatic carbocycles. The van der Waals surface area contributed by atoms with Gasteiger partial charge in [-0.2, -0.15) is 0 Å². The maximum atomic E-state index is 12.2. The summed E-state index contributed by atoms with van der Waals surface area (Å²) >= 11 is 0. The molecule has 2 unspecified atom stereocenters. The molecule has 0 radical (unpaired) electrons. The fourth-order valence-electron chi connectivity index (χ4n) is 5.20. The SMILES string of the molecule is CCCCCCCCC(CCOC(=O)/C=C/C(=O)OCCC(CCCCCCCC)[Si](C)(C)C)[Si](C)(C)C. The number of ether oxygens (including phenoxy) is 2. The van der Waals surface area contributed by atoms with Crippen molar-refractivity contribution in [3.8, 4) is 0 Å². The maximum Gasteiger partial charge on any atom is 0.331 e. The Balaban J connectivity index is 4.31. The highest BCUT2D eigenvalue weighted by Gasteiger charge is 2.27. The van der Waals surface area contributed by atoms with Gasteiger partial charge in [0.15, 0.2) is 0 Å². The molecule has 0 N–H and O–H groups in total. The number of rotatable bonds is 24. The van der Waals surface area contributed by atoms with Gasteiger partial charge in [0.2, 0.25) is 0 Å². The van der Waals surface area contributed by atoms with Crippen LogP contribution in [0.1, 0.15) is 117 Å². The fraction of sp³-hybridized carbons (Fsp3) is 0.875. The van der Waals surface area contributed by atoms with Crippen molar-refractivity contribution < 1.29 is 19.1 Å². The molecule has 0 bridgehead atoms. The van der Waals surface area contributed by atoms with Crippen LogP contribution >= 0.6 is 0 Å². The van der Waals surface area contributed by atoms with Crippen molar-refractivity contribution in [2.24, 2.45) is 0 Å². The first-order chi connectivity index (χ1) is 17.9. The van der Waals surface area contributed by atoms with E-state index in [-0.39, 0.29) is 0 Å². The molecule has 0 heterocycles. The predicted octanol–water partition coefficient (Wildman–Crippen LogP) is 10.3. The van der Waals surface area contributed by atoms with E-state index in [9.17, 15) is 9.59 Å². The number of unbranched alkanes of at least 4 members (excludes halogenated alkanes) is 10. The largest absolute Gasteiger partial charge is 0.463 e. The van der Waals surface area contributed by atoms with Crippen LogP contribution in [-0.2, 0) is 19.1 Å². The zero-order valence-corrected chi connectivity index (χ0v) is 28.7. The van der Waals surface area contributed by atoms with Gasteiger partial charge in [0.25, 0.3) is 0 Å². The lowest BCUT2D eigenvalue weighted by Crippen LogP contribution is -2.29. The molecular weight excluding hydrogens is 505 g/mol. The Hall–Kier alpha value is -0.886. The third kappa shape index (κ3) is 21.0. The average Bonchev–Trinajstić information content (AvgIpc) is 2.83. The highest BCUT2D eigenvalue weighted by atomic mass is 28.3. The number of carbonyl (C=O) groups excluding carboxylic acids is 2. The summed E-state index contributed by atoms with van der Waals surface area (Å²) in [6, 6.07) is 0. The Labute approximate surface area is 239 Å². The van der Waals surface area contributed by atoms with E-state index in [0.29, 0.717) is 24.3 Å². The van der Waals surface area contributed by atoms with Crippen LogP contribution in [-0.4, -0.2) is 41.3 Å². The average molecular weight is 569 g/mol. The van der Waals surface area contributed by atoms with Gasteiger partial charge < -0.3 is 9.47 Å². The molecule has 0 rings (SSSR count). The number of hydrogen-bond donors (Lipinski definition) is 0. The van der Waals surface area contributed by atoms with Gasteiger partial charge in [-0.25, -0.2) is 9.59 Å². The first-order valence-electron chi connectivity index (χ1n) is 15.9. The van der Waals surface area contributed by atoms with Crippen molar-refractivity contribution in [2.45, 2.75) is 167 Å². The van der Waals surface area contributed by atoms with E-state index in [2.05, 4.69) is 53.1 Å². The Bertz CT molecular complexity index is 580. The van der Waals surface area contributed by atoms with E-state index in [1.54, 1.807) is 0 Å². The molecule has 0 aliphatic rings. The Kier molecular flexibility index (Phi) is 21.4. The van der Waals surface area contributed by atoms with E-state index < -0.39 is 28.1 Å². The fourth-order valence-corrected chi connectivity index (χ4v) is 9.31. The monoisotopic (exact) mass is 568 g/mol. The lowest BCUT2D eigenvalue weighted by atomic mass is 10.1. The molecule has 0 saturated carbocycles. The van der Waals surface area contributed by atoms with E-state index >= 15 is 0 Å². The van der Waals surface area contributed by atoms with Crippen LogP contribution in [0, 0.1) is 0 Å². The maximum absolute atomic E-state index is 12.2. The number of carbonyl (C=O) groups is 2.